The SMILES string of the molecule is Cc1cc2c(c3c1C(C(C)C)CC3=O)CCC2. The first-order valence-corrected chi connectivity index (χ1v) is 6.78. The maximum atomic E-state index is 12.3. The lowest BCUT2D eigenvalue weighted by Crippen LogP contribution is -2.05. The second-order valence-electron chi connectivity index (χ2n) is 5.95. The van der Waals surface area contributed by atoms with Gasteiger partial charge in [0.1, 0.15) is 0 Å². The first-order valence-electron chi connectivity index (χ1n) is 6.78. The second kappa shape index (κ2) is 3.69. The highest BCUT2D eigenvalue weighted by molar-refractivity contribution is 6.03. The Morgan fingerprint density at radius 2 is 2.06 bits per heavy atom. The maximum absolute atomic E-state index is 12.3. The molecule has 2 aliphatic rings. The van der Waals surface area contributed by atoms with Gasteiger partial charge in [-0.15, -0.1) is 0 Å². The fourth-order valence-corrected chi connectivity index (χ4v) is 3.68. The van der Waals surface area contributed by atoms with Crippen molar-refractivity contribution in [3.05, 3.63) is 33.9 Å². The van der Waals surface area contributed by atoms with Crippen LogP contribution < -0.4 is 0 Å². The van der Waals surface area contributed by atoms with Gasteiger partial charge in [0, 0.05) is 12.0 Å². The van der Waals surface area contributed by atoms with E-state index in [4.69, 9.17) is 0 Å². The molecular formula is C16H20O. The van der Waals surface area contributed by atoms with Crippen LogP contribution in [0.3, 0.4) is 0 Å². The van der Waals surface area contributed by atoms with Crippen molar-refractivity contribution in [3.8, 4) is 0 Å². The lowest BCUT2D eigenvalue weighted by Gasteiger charge is -2.18. The standard InChI is InChI=1S/C16H20O/c1-9(2)13-8-14(17)16-12-6-4-5-11(12)7-10(3)15(13)16/h7,9,13H,4-6,8H2,1-3H3. The third-order valence-electron chi connectivity index (χ3n) is 4.51. The number of hydrogen-bond donors (Lipinski definition) is 0. The fraction of sp³-hybridized carbons (Fsp3) is 0.562. The number of benzene rings is 1. The summed E-state index contributed by atoms with van der Waals surface area (Å²) in [6.07, 6.45) is 4.26. The number of ketones is 1. The lowest BCUT2D eigenvalue weighted by atomic mass is 9.86. The lowest BCUT2D eigenvalue weighted by molar-refractivity contribution is 0.0983. The summed E-state index contributed by atoms with van der Waals surface area (Å²) in [5.74, 6) is 1.43. The molecule has 1 unspecified atom stereocenters. The summed E-state index contributed by atoms with van der Waals surface area (Å²) in [4.78, 5) is 12.3. The van der Waals surface area contributed by atoms with E-state index >= 15 is 0 Å². The molecule has 1 aromatic carbocycles. The summed E-state index contributed by atoms with van der Waals surface area (Å²) in [5.41, 5.74) is 6.69. The Kier molecular flexibility index (Phi) is 2.39. The highest BCUT2D eigenvalue weighted by Gasteiger charge is 2.36. The molecular weight excluding hydrogens is 208 g/mol. The minimum atomic E-state index is 0.403. The fourth-order valence-electron chi connectivity index (χ4n) is 3.68. The summed E-state index contributed by atoms with van der Waals surface area (Å²) in [6.45, 7) is 6.66. The minimum absolute atomic E-state index is 0.403. The van der Waals surface area contributed by atoms with Crippen molar-refractivity contribution in [1.82, 2.24) is 0 Å². The smallest absolute Gasteiger partial charge is 0.164 e. The number of Topliss-reactive ketones (excluding diaryl/α,β-unsaturated/α-hetero) is 1. The summed E-state index contributed by atoms with van der Waals surface area (Å²) < 4.78 is 0. The molecule has 2 aliphatic carbocycles. The Balaban J connectivity index is 2.25. The Labute approximate surface area is 103 Å². The number of rotatable bonds is 1. The van der Waals surface area contributed by atoms with Crippen LogP contribution in [-0.2, 0) is 12.8 Å². The van der Waals surface area contributed by atoms with E-state index in [-0.39, 0.29) is 0 Å². The van der Waals surface area contributed by atoms with E-state index in [9.17, 15) is 4.79 Å². The molecule has 0 amide bonds. The van der Waals surface area contributed by atoms with Gasteiger partial charge in [-0.05, 0) is 60.3 Å². The Bertz CT molecular complexity index is 497. The monoisotopic (exact) mass is 228 g/mol. The van der Waals surface area contributed by atoms with Gasteiger partial charge >= 0.3 is 0 Å². The van der Waals surface area contributed by atoms with Gasteiger partial charge in [0.25, 0.3) is 0 Å². The van der Waals surface area contributed by atoms with Crippen molar-refractivity contribution < 1.29 is 4.79 Å². The number of aryl methyl sites for hydroxylation is 2. The average molecular weight is 228 g/mol. The van der Waals surface area contributed by atoms with Crippen LogP contribution in [0.15, 0.2) is 6.07 Å². The van der Waals surface area contributed by atoms with Crippen molar-refractivity contribution in [2.45, 2.75) is 52.4 Å². The zero-order valence-electron chi connectivity index (χ0n) is 11.0. The van der Waals surface area contributed by atoms with E-state index in [0.717, 1.165) is 18.4 Å². The van der Waals surface area contributed by atoms with Crippen LogP contribution in [0.4, 0.5) is 0 Å². The molecule has 0 saturated heterocycles. The third kappa shape index (κ3) is 1.48. The molecule has 1 atom stereocenters. The Hall–Kier alpha value is -1.11. The quantitative estimate of drug-likeness (QED) is 0.714. The first kappa shape index (κ1) is 11.0. The molecule has 0 aromatic heterocycles. The maximum Gasteiger partial charge on any atom is 0.164 e. The second-order valence-corrected chi connectivity index (χ2v) is 5.95. The van der Waals surface area contributed by atoms with E-state index in [1.165, 1.54) is 35.1 Å². The molecule has 0 fully saturated rings. The van der Waals surface area contributed by atoms with Crippen LogP contribution in [0.2, 0.25) is 0 Å². The van der Waals surface area contributed by atoms with E-state index in [1.807, 2.05) is 0 Å². The molecule has 17 heavy (non-hydrogen) atoms. The largest absolute Gasteiger partial charge is 0.294 e. The third-order valence-corrected chi connectivity index (χ3v) is 4.51. The van der Waals surface area contributed by atoms with Gasteiger partial charge in [0.2, 0.25) is 0 Å². The van der Waals surface area contributed by atoms with E-state index in [0.29, 0.717) is 17.6 Å². The van der Waals surface area contributed by atoms with Crippen molar-refractivity contribution in [2.75, 3.05) is 0 Å². The first-order chi connectivity index (χ1) is 8.09. The van der Waals surface area contributed by atoms with Crippen molar-refractivity contribution in [3.63, 3.8) is 0 Å². The Morgan fingerprint density at radius 3 is 2.76 bits per heavy atom. The molecule has 1 aromatic rings. The van der Waals surface area contributed by atoms with Crippen molar-refractivity contribution >= 4 is 5.78 Å². The van der Waals surface area contributed by atoms with Crippen LogP contribution in [-0.4, -0.2) is 5.78 Å². The van der Waals surface area contributed by atoms with Gasteiger partial charge in [0.15, 0.2) is 5.78 Å². The van der Waals surface area contributed by atoms with Crippen molar-refractivity contribution in [2.24, 2.45) is 5.92 Å². The Morgan fingerprint density at radius 1 is 1.29 bits per heavy atom. The zero-order chi connectivity index (χ0) is 12.2. The van der Waals surface area contributed by atoms with E-state index < -0.39 is 0 Å². The molecule has 0 aliphatic heterocycles. The molecule has 90 valence electrons. The number of hydrogen-bond acceptors (Lipinski definition) is 1. The van der Waals surface area contributed by atoms with E-state index in [1.54, 1.807) is 0 Å². The van der Waals surface area contributed by atoms with Gasteiger partial charge in [-0.3, -0.25) is 4.79 Å². The van der Waals surface area contributed by atoms with Gasteiger partial charge in [-0.2, -0.15) is 0 Å². The summed E-state index contributed by atoms with van der Waals surface area (Å²) in [6, 6.07) is 2.34. The molecule has 0 N–H and O–H groups in total. The summed E-state index contributed by atoms with van der Waals surface area (Å²) in [7, 11) is 0. The van der Waals surface area contributed by atoms with Crippen molar-refractivity contribution in [1.29, 1.82) is 0 Å². The van der Waals surface area contributed by atoms with Gasteiger partial charge in [0.05, 0.1) is 0 Å². The molecule has 1 heteroatoms. The van der Waals surface area contributed by atoms with E-state index in [2.05, 4.69) is 26.8 Å². The number of fused-ring (bicyclic) bond motifs is 3. The molecule has 0 radical (unpaired) electrons. The summed E-state index contributed by atoms with van der Waals surface area (Å²) >= 11 is 0. The molecule has 0 saturated carbocycles. The molecule has 0 heterocycles. The van der Waals surface area contributed by atoms with Crippen LogP contribution in [0, 0.1) is 12.8 Å². The van der Waals surface area contributed by atoms with Crippen LogP contribution in [0.1, 0.15) is 65.2 Å². The highest BCUT2D eigenvalue weighted by Crippen LogP contribution is 2.44. The van der Waals surface area contributed by atoms with Gasteiger partial charge < -0.3 is 0 Å². The topological polar surface area (TPSA) is 17.1 Å². The van der Waals surface area contributed by atoms with Gasteiger partial charge in [-0.1, -0.05) is 19.9 Å². The molecule has 0 bridgehead atoms. The minimum Gasteiger partial charge on any atom is -0.294 e. The summed E-state index contributed by atoms with van der Waals surface area (Å²) in [5, 5.41) is 0. The molecule has 3 rings (SSSR count). The predicted molar refractivity (Wildman–Crippen MR) is 69.7 cm³/mol. The molecule has 0 spiro atoms. The normalized spacial score (nSPS) is 22.1. The van der Waals surface area contributed by atoms with Crippen LogP contribution >= 0.6 is 0 Å². The predicted octanol–water partition coefficient (Wildman–Crippen LogP) is 3.81. The van der Waals surface area contributed by atoms with Crippen LogP contribution in [0.5, 0.6) is 0 Å². The van der Waals surface area contributed by atoms with Crippen LogP contribution in [0.25, 0.3) is 0 Å². The average Bonchev–Trinajstić information content (AvgIpc) is 2.82. The number of carbonyl (C=O) groups excluding carboxylic acids is 1. The highest BCUT2D eigenvalue weighted by atomic mass is 16.1. The molecule has 1 nitrogen and oxygen atoms in total. The van der Waals surface area contributed by atoms with Gasteiger partial charge in [-0.25, -0.2) is 0 Å². The number of carbonyl (C=O) groups is 1. The zero-order valence-corrected chi connectivity index (χ0v) is 11.0.